The quantitative estimate of drug-likeness (QED) is 0.324. The molecular weight excluding hydrogens is 515 g/mol. The first-order valence-electron chi connectivity index (χ1n) is 11.0. The lowest BCUT2D eigenvalue weighted by Crippen LogP contribution is -2.45. The standard InChI is InChI=1S/C22H33F2N5O.HI/c1-3-25-22(26-11-9-21(30)29-12-5-4-6-16(29)2)27-18-10-13-28(15-18)20-8-7-17(23)14-19(20)24;/h7-8,14,16,18H,3-6,9-13,15H2,1-2H3,(H2,25,26,27);1H. The molecule has 0 radical (unpaired) electrons. The minimum Gasteiger partial charge on any atom is -0.367 e. The summed E-state index contributed by atoms with van der Waals surface area (Å²) >= 11 is 0. The summed E-state index contributed by atoms with van der Waals surface area (Å²) in [5.41, 5.74) is 0.420. The van der Waals surface area contributed by atoms with Gasteiger partial charge < -0.3 is 20.4 Å². The lowest BCUT2D eigenvalue weighted by molar-refractivity contribution is -0.134. The van der Waals surface area contributed by atoms with Gasteiger partial charge in [0.1, 0.15) is 11.6 Å². The highest BCUT2D eigenvalue weighted by molar-refractivity contribution is 14.0. The Morgan fingerprint density at radius 1 is 1.23 bits per heavy atom. The van der Waals surface area contributed by atoms with E-state index in [1.54, 1.807) is 0 Å². The van der Waals surface area contributed by atoms with Gasteiger partial charge in [0, 0.05) is 50.7 Å². The van der Waals surface area contributed by atoms with E-state index in [0.29, 0.717) is 50.3 Å². The number of aliphatic imine (C=N–C) groups is 1. The van der Waals surface area contributed by atoms with Crippen LogP contribution in [-0.4, -0.2) is 61.6 Å². The first-order chi connectivity index (χ1) is 14.5. The molecule has 2 heterocycles. The number of carbonyl (C=O) groups is 1. The van der Waals surface area contributed by atoms with E-state index in [0.717, 1.165) is 31.9 Å². The molecule has 1 aromatic rings. The van der Waals surface area contributed by atoms with E-state index in [4.69, 9.17) is 0 Å². The fraction of sp³-hybridized carbons (Fsp3) is 0.636. The number of amides is 1. The van der Waals surface area contributed by atoms with Crippen LogP contribution >= 0.6 is 24.0 Å². The Hall–Kier alpha value is -1.65. The molecule has 31 heavy (non-hydrogen) atoms. The number of anilines is 1. The lowest BCUT2D eigenvalue weighted by atomic mass is 10.0. The lowest BCUT2D eigenvalue weighted by Gasteiger charge is -2.33. The summed E-state index contributed by atoms with van der Waals surface area (Å²) in [4.78, 5) is 21.0. The number of likely N-dealkylation sites (tertiary alicyclic amines) is 1. The Morgan fingerprint density at radius 3 is 2.74 bits per heavy atom. The van der Waals surface area contributed by atoms with Crippen molar-refractivity contribution < 1.29 is 13.6 Å². The SMILES string of the molecule is CCNC(=NCCC(=O)N1CCCCC1C)NC1CCN(c2ccc(F)cc2F)C1.I. The summed E-state index contributed by atoms with van der Waals surface area (Å²) < 4.78 is 27.2. The fourth-order valence-corrected chi connectivity index (χ4v) is 4.22. The van der Waals surface area contributed by atoms with Gasteiger partial charge in [-0.05, 0) is 51.7 Å². The Balaban J connectivity index is 0.00000341. The minimum atomic E-state index is -0.569. The Labute approximate surface area is 200 Å². The molecular formula is C22H34F2IN5O. The van der Waals surface area contributed by atoms with E-state index in [1.807, 2.05) is 16.7 Å². The molecule has 2 fully saturated rings. The van der Waals surface area contributed by atoms with Crippen LogP contribution in [0.2, 0.25) is 0 Å². The van der Waals surface area contributed by atoms with Gasteiger partial charge in [-0.25, -0.2) is 8.78 Å². The van der Waals surface area contributed by atoms with Gasteiger partial charge in [-0.2, -0.15) is 0 Å². The zero-order valence-electron chi connectivity index (χ0n) is 18.4. The molecule has 3 rings (SSSR count). The molecule has 2 aliphatic heterocycles. The molecule has 2 unspecified atom stereocenters. The zero-order valence-corrected chi connectivity index (χ0v) is 20.7. The second-order valence-electron chi connectivity index (χ2n) is 8.11. The molecule has 0 saturated carbocycles. The summed E-state index contributed by atoms with van der Waals surface area (Å²) in [6, 6.07) is 4.11. The average molecular weight is 549 g/mol. The van der Waals surface area contributed by atoms with Crippen LogP contribution in [0.1, 0.15) is 46.0 Å². The number of hydrogen-bond acceptors (Lipinski definition) is 3. The Morgan fingerprint density at radius 2 is 2.03 bits per heavy atom. The summed E-state index contributed by atoms with van der Waals surface area (Å²) in [6.07, 6.45) is 4.57. The van der Waals surface area contributed by atoms with Crippen molar-refractivity contribution in [3.63, 3.8) is 0 Å². The van der Waals surface area contributed by atoms with Crippen LogP contribution in [0.15, 0.2) is 23.2 Å². The zero-order chi connectivity index (χ0) is 21.5. The molecule has 174 valence electrons. The predicted octanol–water partition coefficient (Wildman–Crippen LogP) is 3.51. The van der Waals surface area contributed by atoms with E-state index in [-0.39, 0.29) is 35.9 Å². The smallest absolute Gasteiger partial charge is 0.224 e. The molecule has 0 bridgehead atoms. The van der Waals surface area contributed by atoms with Gasteiger partial charge in [-0.15, -0.1) is 24.0 Å². The van der Waals surface area contributed by atoms with Crippen molar-refractivity contribution in [1.82, 2.24) is 15.5 Å². The topological polar surface area (TPSA) is 60.0 Å². The highest BCUT2D eigenvalue weighted by Crippen LogP contribution is 2.24. The highest BCUT2D eigenvalue weighted by atomic mass is 127. The van der Waals surface area contributed by atoms with Crippen LogP contribution in [0.3, 0.4) is 0 Å². The molecule has 0 spiro atoms. The third kappa shape index (κ3) is 7.18. The van der Waals surface area contributed by atoms with Crippen molar-refractivity contribution in [2.24, 2.45) is 4.99 Å². The maximum Gasteiger partial charge on any atom is 0.224 e. The predicted molar refractivity (Wildman–Crippen MR) is 131 cm³/mol. The summed E-state index contributed by atoms with van der Waals surface area (Å²) in [5, 5.41) is 6.60. The van der Waals surface area contributed by atoms with Gasteiger partial charge in [-0.1, -0.05) is 0 Å². The minimum absolute atomic E-state index is 0. The van der Waals surface area contributed by atoms with Crippen molar-refractivity contribution in [2.45, 2.75) is 58.0 Å². The molecule has 2 aliphatic rings. The van der Waals surface area contributed by atoms with Gasteiger partial charge in [0.15, 0.2) is 5.96 Å². The van der Waals surface area contributed by atoms with Crippen molar-refractivity contribution in [3.05, 3.63) is 29.8 Å². The summed E-state index contributed by atoms with van der Waals surface area (Å²) in [5.74, 6) is -0.272. The summed E-state index contributed by atoms with van der Waals surface area (Å²) in [6.45, 7) is 7.39. The van der Waals surface area contributed by atoms with Gasteiger partial charge in [0.2, 0.25) is 5.91 Å². The number of nitrogens with zero attached hydrogens (tertiary/aromatic N) is 3. The van der Waals surface area contributed by atoms with E-state index >= 15 is 0 Å². The van der Waals surface area contributed by atoms with Gasteiger partial charge in [0.05, 0.1) is 12.2 Å². The van der Waals surface area contributed by atoms with Gasteiger partial charge in [0.25, 0.3) is 0 Å². The normalized spacial score (nSPS) is 21.6. The third-order valence-electron chi connectivity index (χ3n) is 5.84. The van der Waals surface area contributed by atoms with Crippen LogP contribution in [-0.2, 0) is 4.79 Å². The number of carbonyl (C=O) groups excluding carboxylic acids is 1. The highest BCUT2D eigenvalue weighted by Gasteiger charge is 2.26. The van der Waals surface area contributed by atoms with Gasteiger partial charge >= 0.3 is 0 Å². The molecule has 0 aliphatic carbocycles. The molecule has 1 amide bonds. The van der Waals surface area contributed by atoms with Crippen LogP contribution in [0.5, 0.6) is 0 Å². The first-order valence-corrected chi connectivity index (χ1v) is 11.0. The molecule has 2 atom stereocenters. The molecule has 1 aromatic carbocycles. The molecule has 6 nitrogen and oxygen atoms in total. The maximum atomic E-state index is 14.1. The van der Waals surface area contributed by atoms with Crippen molar-refractivity contribution in [2.75, 3.05) is 37.6 Å². The van der Waals surface area contributed by atoms with E-state index < -0.39 is 11.6 Å². The van der Waals surface area contributed by atoms with Crippen molar-refractivity contribution >= 4 is 41.5 Å². The second kappa shape index (κ2) is 12.4. The number of halogens is 3. The van der Waals surface area contributed by atoms with Gasteiger partial charge in [-0.3, -0.25) is 9.79 Å². The summed E-state index contributed by atoms with van der Waals surface area (Å²) in [7, 11) is 0. The van der Waals surface area contributed by atoms with E-state index in [2.05, 4.69) is 22.5 Å². The number of guanidine groups is 1. The first kappa shape index (κ1) is 25.6. The largest absolute Gasteiger partial charge is 0.367 e. The maximum absolute atomic E-state index is 14.1. The van der Waals surface area contributed by atoms with Crippen LogP contribution in [0.4, 0.5) is 14.5 Å². The Kier molecular flexibility index (Phi) is 10.2. The number of piperidine rings is 1. The van der Waals surface area contributed by atoms with Crippen LogP contribution < -0.4 is 15.5 Å². The molecule has 2 saturated heterocycles. The average Bonchev–Trinajstić information content (AvgIpc) is 3.16. The number of rotatable bonds is 6. The molecule has 0 aromatic heterocycles. The third-order valence-corrected chi connectivity index (χ3v) is 5.84. The van der Waals surface area contributed by atoms with Crippen LogP contribution in [0.25, 0.3) is 0 Å². The number of hydrogen-bond donors (Lipinski definition) is 2. The second-order valence-corrected chi connectivity index (χ2v) is 8.11. The van der Waals surface area contributed by atoms with E-state index in [1.165, 1.54) is 18.6 Å². The number of nitrogens with one attached hydrogen (secondary N) is 2. The fourth-order valence-electron chi connectivity index (χ4n) is 4.22. The molecule has 9 heteroatoms. The van der Waals surface area contributed by atoms with Crippen LogP contribution in [0, 0.1) is 11.6 Å². The molecule has 2 N–H and O–H groups in total. The number of benzene rings is 1. The Bertz CT molecular complexity index is 763. The van der Waals surface area contributed by atoms with Crippen molar-refractivity contribution in [3.8, 4) is 0 Å². The van der Waals surface area contributed by atoms with Crippen molar-refractivity contribution in [1.29, 1.82) is 0 Å². The monoisotopic (exact) mass is 549 g/mol. The van der Waals surface area contributed by atoms with E-state index in [9.17, 15) is 13.6 Å².